The quantitative estimate of drug-likeness (QED) is 0.290. The molecule has 1 aliphatic heterocycles. The van der Waals surface area contributed by atoms with Gasteiger partial charge in [-0.25, -0.2) is 0 Å². The Hall–Kier alpha value is -3.03. The molecule has 0 saturated carbocycles. The summed E-state index contributed by atoms with van der Waals surface area (Å²) in [5, 5.41) is 0.714. The van der Waals surface area contributed by atoms with Gasteiger partial charge < -0.3 is 14.2 Å². The van der Waals surface area contributed by atoms with Crippen molar-refractivity contribution in [1.29, 1.82) is 0 Å². The molecule has 0 spiro atoms. The van der Waals surface area contributed by atoms with Gasteiger partial charge in [0, 0.05) is 16.0 Å². The molecule has 0 atom stereocenters. The lowest BCUT2D eigenvalue weighted by atomic mass is 10.1. The lowest BCUT2D eigenvalue weighted by Gasteiger charge is -2.11. The Balaban J connectivity index is 0.000000193. The Morgan fingerprint density at radius 2 is 1.44 bits per heavy atom. The summed E-state index contributed by atoms with van der Waals surface area (Å²) in [6.07, 6.45) is 0.797. The highest BCUT2D eigenvalue weighted by Crippen LogP contribution is 2.32. The van der Waals surface area contributed by atoms with Crippen molar-refractivity contribution in [1.82, 2.24) is 4.90 Å². The van der Waals surface area contributed by atoms with Crippen LogP contribution < -0.4 is 14.2 Å². The fourth-order valence-corrected chi connectivity index (χ4v) is 3.85. The highest BCUT2D eigenvalue weighted by molar-refractivity contribution is 9.10. The van der Waals surface area contributed by atoms with Gasteiger partial charge in [-0.05, 0) is 68.3 Å². The molecule has 3 aromatic rings. The molecule has 2 amide bonds. The van der Waals surface area contributed by atoms with Crippen LogP contribution in [0.4, 0.5) is 0 Å². The lowest BCUT2D eigenvalue weighted by Crippen LogP contribution is -2.30. The zero-order valence-corrected chi connectivity index (χ0v) is 23.5. The van der Waals surface area contributed by atoms with Gasteiger partial charge in [0.25, 0.3) is 11.8 Å². The van der Waals surface area contributed by atoms with Crippen molar-refractivity contribution in [2.45, 2.75) is 27.2 Å². The van der Waals surface area contributed by atoms with Crippen molar-refractivity contribution in [3.63, 3.8) is 0 Å². The highest BCUT2D eigenvalue weighted by atomic mass is 79.9. The third-order valence-electron chi connectivity index (χ3n) is 5.10. The molecule has 3 aromatic carbocycles. The molecule has 6 nitrogen and oxygen atoms in total. The average Bonchev–Trinajstić information content (AvgIpc) is 3.12. The fraction of sp³-hybridized carbons (Fsp3) is 0.286. The first kappa shape index (κ1) is 29.2. The van der Waals surface area contributed by atoms with Gasteiger partial charge in [-0.15, -0.1) is 0 Å². The van der Waals surface area contributed by atoms with Crippen molar-refractivity contribution in [3.05, 3.63) is 86.8 Å². The number of imide groups is 1. The van der Waals surface area contributed by atoms with Crippen LogP contribution in [-0.2, 0) is 0 Å². The number of rotatable bonds is 6. The van der Waals surface area contributed by atoms with E-state index in [4.69, 9.17) is 25.8 Å². The number of methoxy groups -OCH3 is 2. The number of carbonyl (C=O) groups is 2. The normalized spacial score (nSPS) is 11.6. The van der Waals surface area contributed by atoms with E-state index < -0.39 is 0 Å². The van der Waals surface area contributed by atoms with Crippen LogP contribution in [0.15, 0.2) is 65.1 Å². The maximum absolute atomic E-state index is 11.7. The zero-order valence-electron chi connectivity index (χ0n) is 21.1. The lowest BCUT2D eigenvalue weighted by molar-refractivity contribution is 0.0654. The van der Waals surface area contributed by atoms with Crippen molar-refractivity contribution >= 4 is 39.3 Å². The van der Waals surface area contributed by atoms with Crippen molar-refractivity contribution in [2.75, 3.05) is 27.4 Å². The summed E-state index contributed by atoms with van der Waals surface area (Å²) < 4.78 is 16.5. The fourth-order valence-electron chi connectivity index (χ4n) is 3.35. The molecule has 1 aliphatic rings. The predicted molar refractivity (Wildman–Crippen MR) is 147 cm³/mol. The maximum atomic E-state index is 11.7. The van der Waals surface area contributed by atoms with Crippen LogP contribution in [0.25, 0.3) is 0 Å². The molecule has 0 bridgehead atoms. The van der Waals surface area contributed by atoms with Crippen LogP contribution in [0, 0.1) is 6.92 Å². The topological polar surface area (TPSA) is 65.1 Å². The minimum atomic E-state index is -0.160. The summed E-state index contributed by atoms with van der Waals surface area (Å²) in [5.74, 6) is 2.02. The summed E-state index contributed by atoms with van der Waals surface area (Å²) in [6, 6.07) is 18.2. The van der Waals surface area contributed by atoms with Gasteiger partial charge in [-0.3, -0.25) is 14.5 Å². The van der Waals surface area contributed by atoms with E-state index in [1.54, 1.807) is 44.6 Å². The molecule has 0 saturated heterocycles. The number of hydrogen-bond acceptors (Lipinski definition) is 5. The number of nitrogens with zero attached hydrogens (tertiary/aromatic N) is 1. The zero-order chi connectivity index (χ0) is 26.7. The predicted octanol–water partition coefficient (Wildman–Crippen LogP) is 7.21. The van der Waals surface area contributed by atoms with Gasteiger partial charge in [0.15, 0.2) is 11.5 Å². The molecule has 36 heavy (non-hydrogen) atoms. The third kappa shape index (κ3) is 7.73. The second kappa shape index (κ2) is 14.5. The molecule has 8 heteroatoms. The van der Waals surface area contributed by atoms with E-state index in [0.717, 1.165) is 33.7 Å². The van der Waals surface area contributed by atoms with Crippen molar-refractivity contribution in [2.24, 2.45) is 0 Å². The second-order valence-electron chi connectivity index (χ2n) is 7.65. The Bertz CT molecular complexity index is 1120. The van der Waals surface area contributed by atoms with Crippen LogP contribution in [0.5, 0.6) is 17.2 Å². The number of aryl methyl sites for hydroxylation is 1. The summed E-state index contributed by atoms with van der Waals surface area (Å²) in [4.78, 5) is 24.7. The van der Waals surface area contributed by atoms with Crippen molar-refractivity contribution < 1.29 is 23.8 Å². The molecule has 4 rings (SSSR count). The molecule has 0 radical (unpaired) electrons. The number of hydrogen-bond donors (Lipinski definition) is 0. The SMILES string of the molecule is CCCN1C(=O)c2ccccc2C1=O.CCOc1cccc(Cl)c1.COc1cc(C)c(Br)cc1OC. The third-order valence-corrected chi connectivity index (χ3v) is 6.19. The van der Waals surface area contributed by atoms with Gasteiger partial charge in [0.1, 0.15) is 5.75 Å². The van der Waals surface area contributed by atoms with E-state index in [2.05, 4.69) is 15.9 Å². The van der Waals surface area contributed by atoms with Crippen LogP contribution >= 0.6 is 27.5 Å². The smallest absolute Gasteiger partial charge is 0.261 e. The van der Waals surface area contributed by atoms with E-state index in [1.807, 2.05) is 51.1 Å². The van der Waals surface area contributed by atoms with Crippen LogP contribution in [0.1, 0.15) is 46.5 Å². The second-order valence-corrected chi connectivity index (χ2v) is 8.95. The summed E-state index contributed by atoms with van der Waals surface area (Å²) in [7, 11) is 3.25. The summed E-state index contributed by atoms with van der Waals surface area (Å²) in [5.41, 5.74) is 2.20. The number of benzene rings is 3. The monoisotopic (exact) mass is 575 g/mol. The molecule has 0 aromatic heterocycles. The molecule has 0 N–H and O–H groups in total. The van der Waals surface area contributed by atoms with Crippen LogP contribution in [-0.4, -0.2) is 44.1 Å². The molecular weight excluding hydrogens is 546 g/mol. The molecule has 0 fully saturated rings. The summed E-state index contributed by atoms with van der Waals surface area (Å²) in [6.45, 7) is 7.09. The molecular formula is C28H31BrClNO5. The van der Waals surface area contributed by atoms with E-state index in [-0.39, 0.29) is 11.8 Å². The van der Waals surface area contributed by atoms with Crippen molar-refractivity contribution in [3.8, 4) is 17.2 Å². The molecule has 0 aliphatic carbocycles. The van der Waals surface area contributed by atoms with E-state index in [9.17, 15) is 9.59 Å². The Kier molecular flexibility index (Phi) is 11.8. The highest BCUT2D eigenvalue weighted by Gasteiger charge is 2.34. The first-order valence-corrected chi connectivity index (χ1v) is 12.7. The largest absolute Gasteiger partial charge is 0.494 e. The Morgan fingerprint density at radius 3 is 1.94 bits per heavy atom. The number of carbonyl (C=O) groups excluding carboxylic acids is 2. The van der Waals surface area contributed by atoms with Gasteiger partial charge >= 0.3 is 0 Å². The molecule has 192 valence electrons. The molecule has 0 unspecified atom stereocenters. The Morgan fingerprint density at radius 1 is 0.861 bits per heavy atom. The average molecular weight is 577 g/mol. The minimum absolute atomic E-state index is 0.160. The summed E-state index contributed by atoms with van der Waals surface area (Å²) >= 11 is 9.12. The van der Waals surface area contributed by atoms with E-state index in [1.165, 1.54) is 4.90 Å². The maximum Gasteiger partial charge on any atom is 0.261 e. The van der Waals surface area contributed by atoms with Crippen LogP contribution in [0.2, 0.25) is 5.02 Å². The van der Waals surface area contributed by atoms with Gasteiger partial charge in [0.2, 0.25) is 0 Å². The van der Waals surface area contributed by atoms with Crippen LogP contribution in [0.3, 0.4) is 0 Å². The van der Waals surface area contributed by atoms with Gasteiger partial charge in [-0.1, -0.05) is 52.7 Å². The van der Waals surface area contributed by atoms with Gasteiger partial charge in [0.05, 0.1) is 32.0 Å². The number of amides is 2. The first-order chi connectivity index (χ1) is 17.3. The number of ether oxygens (including phenoxy) is 3. The van der Waals surface area contributed by atoms with Gasteiger partial charge in [-0.2, -0.15) is 0 Å². The number of fused-ring (bicyclic) bond motifs is 1. The van der Waals surface area contributed by atoms with E-state index in [0.29, 0.717) is 29.3 Å². The minimum Gasteiger partial charge on any atom is -0.494 e. The standard InChI is InChI=1S/C11H11NO2.C9H11BrO2.C8H9ClO/c1-2-7-12-10(13)8-5-3-4-6-9(8)11(12)14;1-6-4-8(11-2)9(12-3)5-7(6)10;1-2-10-8-5-3-4-7(9)6-8/h3-6H,2,7H2,1H3;4-5H,1-3H3;3-6H,2H2,1H3. The number of halogens is 2. The first-order valence-electron chi connectivity index (χ1n) is 11.5. The van der Waals surface area contributed by atoms with E-state index >= 15 is 0 Å². The molecule has 1 heterocycles. The Labute approximate surface area is 226 Å².